The standard InChI is InChI=1S/C19H25N3O6/c1-26-14-8-12(9-15(27-2)17(14)28-3)22-16(23)10-13(19(22)25)21-6-4-11(5-7-21)18(20)24/h8-9,11,13H,4-7,10H2,1-3H3,(H2,20,24)/p+1/t13-/m1/s1. The minimum Gasteiger partial charge on any atom is -0.493 e. The van der Waals surface area contributed by atoms with Crippen molar-refractivity contribution in [3.63, 3.8) is 0 Å². The number of likely N-dealkylation sites (tertiary alicyclic amines) is 1. The average molecular weight is 392 g/mol. The Labute approximate surface area is 163 Å². The van der Waals surface area contributed by atoms with Gasteiger partial charge in [0, 0.05) is 30.9 Å². The van der Waals surface area contributed by atoms with Crippen LogP contribution in [0, 0.1) is 5.92 Å². The maximum absolute atomic E-state index is 13.1. The van der Waals surface area contributed by atoms with Crippen LogP contribution in [0.2, 0.25) is 0 Å². The van der Waals surface area contributed by atoms with Crippen molar-refractivity contribution >= 4 is 23.4 Å². The minimum absolute atomic E-state index is 0.131. The van der Waals surface area contributed by atoms with E-state index >= 15 is 0 Å². The molecule has 0 aromatic heterocycles. The molecule has 9 nitrogen and oxygen atoms in total. The SMILES string of the molecule is COc1cc(N2C(=O)C[C@@H]([NH+]3CCC(C(N)=O)CC3)C2=O)cc(OC)c1OC. The highest BCUT2D eigenvalue weighted by molar-refractivity contribution is 6.22. The number of hydrogen-bond acceptors (Lipinski definition) is 6. The second kappa shape index (κ2) is 8.05. The van der Waals surface area contributed by atoms with Gasteiger partial charge in [-0.1, -0.05) is 0 Å². The Morgan fingerprint density at radius 2 is 1.64 bits per heavy atom. The number of carbonyl (C=O) groups excluding carboxylic acids is 3. The quantitative estimate of drug-likeness (QED) is 0.609. The molecule has 9 heteroatoms. The van der Waals surface area contributed by atoms with E-state index in [1.54, 1.807) is 12.1 Å². The molecule has 1 aromatic rings. The zero-order chi connectivity index (χ0) is 20.4. The fourth-order valence-electron chi connectivity index (χ4n) is 4.04. The highest BCUT2D eigenvalue weighted by Crippen LogP contribution is 2.41. The number of nitrogens with two attached hydrogens (primary N) is 1. The number of anilines is 1. The van der Waals surface area contributed by atoms with E-state index in [9.17, 15) is 14.4 Å². The largest absolute Gasteiger partial charge is 0.493 e. The Morgan fingerprint density at radius 3 is 2.11 bits per heavy atom. The van der Waals surface area contributed by atoms with Crippen LogP contribution >= 0.6 is 0 Å². The van der Waals surface area contributed by atoms with Crippen LogP contribution in [0.25, 0.3) is 0 Å². The molecule has 152 valence electrons. The Hall–Kier alpha value is -2.81. The number of methoxy groups -OCH3 is 3. The first-order valence-corrected chi connectivity index (χ1v) is 9.22. The predicted octanol–water partition coefficient (Wildman–Crippen LogP) is -0.875. The lowest BCUT2D eigenvalue weighted by Crippen LogP contribution is -3.17. The van der Waals surface area contributed by atoms with Crippen molar-refractivity contribution in [3.8, 4) is 17.2 Å². The summed E-state index contributed by atoms with van der Waals surface area (Å²) in [6, 6.07) is 2.72. The van der Waals surface area contributed by atoms with E-state index in [0.29, 0.717) is 48.9 Å². The first kappa shape index (κ1) is 19.9. The molecule has 2 aliphatic rings. The normalized spacial score (nSPS) is 25.0. The second-order valence-electron chi connectivity index (χ2n) is 7.04. The predicted molar refractivity (Wildman–Crippen MR) is 99.6 cm³/mol. The van der Waals surface area contributed by atoms with Gasteiger partial charge in [0.15, 0.2) is 17.5 Å². The summed E-state index contributed by atoms with van der Waals surface area (Å²) in [5, 5.41) is 0. The number of piperidine rings is 1. The molecule has 0 saturated carbocycles. The molecule has 3 rings (SSSR count). The Kier molecular flexibility index (Phi) is 5.73. The molecule has 2 heterocycles. The highest BCUT2D eigenvalue weighted by atomic mass is 16.5. The van der Waals surface area contributed by atoms with Gasteiger partial charge in [0.1, 0.15) is 0 Å². The van der Waals surface area contributed by atoms with Gasteiger partial charge in [0.2, 0.25) is 17.6 Å². The summed E-state index contributed by atoms with van der Waals surface area (Å²) >= 11 is 0. The molecule has 28 heavy (non-hydrogen) atoms. The van der Waals surface area contributed by atoms with Crippen LogP contribution < -0.4 is 29.7 Å². The number of benzene rings is 1. The van der Waals surface area contributed by atoms with Crippen molar-refractivity contribution in [1.82, 2.24) is 0 Å². The second-order valence-corrected chi connectivity index (χ2v) is 7.04. The van der Waals surface area contributed by atoms with Crippen LogP contribution in [0.5, 0.6) is 17.2 Å². The highest BCUT2D eigenvalue weighted by Gasteiger charge is 2.47. The summed E-state index contributed by atoms with van der Waals surface area (Å²) < 4.78 is 15.9. The lowest BCUT2D eigenvalue weighted by molar-refractivity contribution is -0.920. The Bertz CT molecular complexity index is 763. The monoisotopic (exact) mass is 392 g/mol. The van der Waals surface area contributed by atoms with Gasteiger partial charge in [-0.25, -0.2) is 4.90 Å². The zero-order valence-corrected chi connectivity index (χ0v) is 16.3. The van der Waals surface area contributed by atoms with Crippen molar-refractivity contribution in [2.45, 2.75) is 25.3 Å². The molecule has 0 spiro atoms. The number of ether oxygens (including phenoxy) is 3. The van der Waals surface area contributed by atoms with E-state index in [4.69, 9.17) is 19.9 Å². The van der Waals surface area contributed by atoms with Gasteiger partial charge in [0.25, 0.3) is 5.91 Å². The van der Waals surface area contributed by atoms with E-state index in [1.165, 1.54) is 26.2 Å². The molecule has 2 aliphatic heterocycles. The van der Waals surface area contributed by atoms with Crippen LogP contribution in [0.4, 0.5) is 5.69 Å². The molecule has 1 atom stereocenters. The molecular weight excluding hydrogens is 366 g/mol. The number of hydrogen-bond donors (Lipinski definition) is 2. The first-order valence-electron chi connectivity index (χ1n) is 9.22. The molecule has 3 N–H and O–H groups in total. The maximum atomic E-state index is 13.1. The third-order valence-electron chi connectivity index (χ3n) is 5.58. The fourth-order valence-corrected chi connectivity index (χ4v) is 4.04. The van der Waals surface area contributed by atoms with E-state index in [2.05, 4.69) is 0 Å². The van der Waals surface area contributed by atoms with Crippen molar-refractivity contribution in [2.75, 3.05) is 39.3 Å². The number of imide groups is 1. The molecule has 1 aromatic carbocycles. The third-order valence-corrected chi connectivity index (χ3v) is 5.58. The molecule has 3 amide bonds. The summed E-state index contributed by atoms with van der Waals surface area (Å²) in [4.78, 5) is 39.3. The van der Waals surface area contributed by atoms with Crippen molar-refractivity contribution in [2.24, 2.45) is 11.7 Å². The van der Waals surface area contributed by atoms with Crippen LogP contribution in [0.3, 0.4) is 0 Å². The van der Waals surface area contributed by atoms with Crippen LogP contribution in [-0.2, 0) is 14.4 Å². The van der Waals surface area contributed by atoms with Crippen LogP contribution in [0.15, 0.2) is 12.1 Å². The fraction of sp³-hybridized carbons (Fsp3) is 0.526. The summed E-state index contributed by atoms with van der Waals surface area (Å²) in [7, 11) is 4.44. The van der Waals surface area contributed by atoms with E-state index in [-0.39, 0.29) is 30.1 Å². The smallest absolute Gasteiger partial charge is 0.292 e. The van der Waals surface area contributed by atoms with Crippen LogP contribution in [-0.4, -0.2) is 58.2 Å². The number of primary amides is 1. The number of quaternary nitrogens is 1. The van der Waals surface area contributed by atoms with Gasteiger partial charge >= 0.3 is 0 Å². The molecule has 0 radical (unpaired) electrons. The number of carbonyl (C=O) groups is 3. The van der Waals surface area contributed by atoms with Gasteiger partial charge in [-0.05, 0) is 0 Å². The maximum Gasteiger partial charge on any atom is 0.292 e. The average Bonchev–Trinajstić information content (AvgIpc) is 3.00. The third kappa shape index (κ3) is 3.49. The summed E-state index contributed by atoms with van der Waals surface area (Å²) in [5.74, 6) is 0.157. The lowest BCUT2D eigenvalue weighted by atomic mass is 9.95. The topological polar surface area (TPSA) is 113 Å². The van der Waals surface area contributed by atoms with Crippen molar-refractivity contribution in [1.29, 1.82) is 0 Å². The van der Waals surface area contributed by atoms with Gasteiger partial charge in [-0.2, -0.15) is 0 Å². The van der Waals surface area contributed by atoms with Gasteiger partial charge in [0.05, 0.1) is 46.5 Å². The zero-order valence-electron chi connectivity index (χ0n) is 16.3. The molecule has 0 bridgehead atoms. The molecule has 2 fully saturated rings. The van der Waals surface area contributed by atoms with Gasteiger partial charge < -0.3 is 24.8 Å². The number of nitrogens with zero attached hydrogens (tertiary/aromatic N) is 1. The van der Waals surface area contributed by atoms with E-state index in [0.717, 1.165) is 4.90 Å². The van der Waals surface area contributed by atoms with Gasteiger partial charge in [-0.15, -0.1) is 0 Å². The van der Waals surface area contributed by atoms with E-state index < -0.39 is 6.04 Å². The lowest BCUT2D eigenvalue weighted by Gasteiger charge is -2.30. The molecule has 2 saturated heterocycles. The Balaban J connectivity index is 1.84. The summed E-state index contributed by atoms with van der Waals surface area (Å²) in [6.45, 7) is 1.28. The molecule has 0 unspecified atom stereocenters. The Morgan fingerprint density at radius 1 is 1.07 bits per heavy atom. The van der Waals surface area contributed by atoms with Crippen molar-refractivity contribution in [3.05, 3.63) is 12.1 Å². The number of nitrogens with one attached hydrogen (secondary N) is 1. The minimum atomic E-state index is -0.458. The summed E-state index contributed by atoms with van der Waals surface area (Å²) in [5.41, 5.74) is 5.77. The number of amides is 3. The van der Waals surface area contributed by atoms with Crippen LogP contribution in [0.1, 0.15) is 19.3 Å². The first-order chi connectivity index (χ1) is 13.4. The van der Waals surface area contributed by atoms with Gasteiger partial charge in [-0.3, -0.25) is 14.4 Å². The summed E-state index contributed by atoms with van der Waals surface area (Å²) in [6.07, 6.45) is 1.39. The van der Waals surface area contributed by atoms with E-state index in [1.807, 2.05) is 0 Å². The molecule has 0 aliphatic carbocycles. The molecular formula is C19H26N3O6+. The number of rotatable bonds is 6. The van der Waals surface area contributed by atoms with Crippen molar-refractivity contribution < 1.29 is 33.5 Å².